The summed E-state index contributed by atoms with van der Waals surface area (Å²) in [6.07, 6.45) is 0. The van der Waals surface area contributed by atoms with E-state index in [0.717, 1.165) is 11.6 Å². The molecule has 0 bridgehead atoms. The topological polar surface area (TPSA) is 66.1 Å². The van der Waals surface area contributed by atoms with Crippen LogP contribution in [0, 0.1) is 6.92 Å². The van der Waals surface area contributed by atoms with Gasteiger partial charge in [0.1, 0.15) is 5.82 Å². The van der Waals surface area contributed by atoms with Gasteiger partial charge in [0, 0.05) is 20.2 Å². The van der Waals surface area contributed by atoms with Crippen LogP contribution in [0.25, 0.3) is 0 Å². The molecule has 1 unspecified atom stereocenters. The molecule has 17 heavy (non-hydrogen) atoms. The highest BCUT2D eigenvalue weighted by Gasteiger charge is 2.10. The molecule has 1 atom stereocenters. The monoisotopic (exact) mass is 257 g/mol. The molecule has 0 aliphatic rings. The van der Waals surface area contributed by atoms with Crippen LogP contribution in [-0.2, 0) is 11.3 Å². The molecule has 0 aliphatic heterocycles. The lowest BCUT2D eigenvalue weighted by Gasteiger charge is -2.22. The summed E-state index contributed by atoms with van der Waals surface area (Å²) in [5.74, 6) is 1.54. The van der Waals surface area contributed by atoms with Crippen LogP contribution in [0.2, 0.25) is 0 Å². The smallest absolute Gasteiger partial charge is 0.169 e. The molecule has 6 nitrogen and oxygen atoms in total. The minimum atomic E-state index is 0.184. The molecular formula is C10H19N5OS. The molecule has 2 N–H and O–H groups in total. The number of nitrogens with one attached hydrogen (secondary N) is 2. The zero-order valence-corrected chi connectivity index (χ0v) is 11.5. The Balaban J connectivity index is 2.41. The number of nitrogens with zero attached hydrogens (tertiary/aromatic N) is 3. The van der Waals surface area contributed by atoms with Crippen LogP contribution in [0.3, 0.4) is 0 Å². The average Bonchev–Trinajstić information content (AvgIpc) is 2.64. The number of H-pyrrole nitrogens is 1. The molecule has 0 spiro atoms. The molecule has 0 aliphatic carbocycles. The van der Waals surface area contributed by atoms with E-state index in [4.69, 9.17) is 17.0 Å². The average molecular weight is 257 g/mol. The molecule has 0 saturated heterocycles. The highest BCUT2D eigenvalue weighted by molar-refractivity contribution is 7.80. The van der Waals surface area contributed by atoms with Crippen LogP contribution in [0.1, 0.15) is 18.6 Å². The molecule has 0 fully saturated rings. The van der Waals surface area contributed by atoms with Gasteiger partial charge in [-0.1, -0.05) is 0 Å². The number of rotatable bonds is 5. The van der Waals surface area contributed by atoms with E-state index in [2.05, 4.69) is 20.5 Å². The second-order valence-corrected chi connectivity index (χ2v) is 4.39. The molecule has 0 aromatic carbocycles. The number of thiocarbonyl (C=S) groups is 1. The molecule has 7 heteroatoms. The fourth-order valence-electron chi connectivity index (χ4n) is 1.36. The van der Waals surface area contributed by atoms with Crippen molar-refractivity contribution in [3.05, 3.63) is 11.6 Å². The van der Waals surface area contributed by atoms with Gasteiger partial charge in [-0.05, 0) is 26.1 Å². The fraction of sp³-hybridized carbons (Fsp3) is 0.700. The summed E-state index contributed by atoms with van der Waals surface area (Å²) in [5.41, 5.74) is 0. The van der Waals surface area contributed by atoms with Gasteiger partial charge in [0.05, 0.1) is 13.2 Å². The van der Waals surface area contributed by atoms with Gasteiger partial charge in [-0.2, -0.15) is 5.10 Å². The Kier molecular flexibility index (Phi) is 5.30. The van der Waals surface area contributed by atoms with Crippen molar-refractivity contribution < 1.29 is 4.74 Å². The first-order valence-corrected chi connectivity index (χ1v) is 5.82. The minimum absolute atomic E-state index is 0.184. The molecule has 1 aromatic rings. The van der Waals surface area contributed by atoms with Crippen LogP contribution in [0.4, 0.5) is 0 Å². The lowest BCUT2D eigenvalue weighted by atomic mass is 10.4. The van der Waals surface area contributed by atoms with Gasteiger partial charge in [0.15, 0.2) is 10.9 Å². The van der Waals surface area contributed by atoms with Gasteiger partial charge in [-0.25, -0.2) is 4.98 Å². The number of aryl methyl sites for hydroxylation is 1. The first-order valence-electron chi connectivity index (χ1n) is 5.41. The summed E-state index contributed by atoms with van der Waals surface area (Å²) in [4.78, 5) is 6.12. The summed E-state index contributed by atoms with van der Waals surface area (Å²) in [6, 6.07) is 0.184. The van der Waals surface area contributed by atoms with E-state index < -0.39 is 0 Å². The summed E-state index contributed by atoms with van der Waals surface area (Å²) in [6.45, 7) is 5.08. The summed E-state index contributed by atoms with van der Waals surface area (Å²) >= 11 is 5.27. The van der Waals surface area contributed by atoms with E-state index in [1.54, 1.807) is 7.11 Å². The van der Waals surface area contributed by atoms with Gasteiger partial charge < -0.3 is 15.0 Å². The van der Waals surface area contributed by atoms with Crippen molar-refractivity contribution in [2.24, 2.45) is 0 Å². The summed E-state index contributed by atoms with van der Waals surface area (Å²) in [5, 5.41) is 10.7. The predicted octanol–water partition coefficient (Wildman–Crippen LogP) is 0.454. The van der Waals surface area contributed by atoms with E-state index in [1.165, 1.54) is 0 Å². The lowest BCUT2D eigenvalue weighted by molar-refractivity contribution is 0.178. The van der Waals surface area contributed by atoms with E-state index in [-0.39, 0.29) is 6.04 Å². The lowest BCUT2D eigenvalue weighted by Crippen LogP contribution is -2.43. The molecule has 0 radical (unpaired) electrons. The zero-order valence-electron chi connectivity index (χ0n) is 10.6. The summed E-state index contributed by atoms with van der Waals surface area (Å²) in [7, 11) is 3.57. The Morgan fingerprint density at radius 3 is 2.88 bits per heavy atom. The molecule has 0 amide bonds. The SMILES string of the molecule is COCC(C)NC(=S)N(C)Cc1n[nH]c(C)n1. The largest absolute Gasteiger partial charge is 0.383 e. The minimum Gasteiger partial charge on any atom is -0.383 e. The first kappa shape index (κ1) is 13.9. The Morgan fingerprint density at radius 2 is 2.35 bits per heavy atom. The number of hydrogen-bond acceptors (Lipinski definition) is 4. The quantitative estimate of drug-likeness (QED) is 0.747. The molecule has 1 heterocycles. The van der Waals surface area contributed by atoms with Crippen molar-refractivity contribution in [1.29, 1.82) is 0 Å². The maximum absolute atomic E-state index is 5.27. The number of methoxy groups -OCH3 is 1. The molecule has 0 saturated carbocycles. The first-order chi connectivity index (χ1) is 8.02. The molecular weight excluding hydrogens is 238 g/mol. The number of aromatic nitrogens is 3. The normalized spacial score (nSPS) is 12.2. The van der Waals surface area contributed by atoms with E-state index in [1.807, 2.05) is 25.8 Å². The Hall–Kier alpha value is -1.21. The number of hydrogen-bond donors (Lipinski definition) is 2. The van der Waals surface area contributed by atoms with E-state index >= 15 is 0 Å². The fourth-order valence-corrected chi connectivity index (χ4v) is 1.62. The second-order valence-electron chi connectivity index (χ2n) is 4.00. The van der Waals surface area contributed by atoms with Crippen LogP contribution in [0.5, 0.6) is 0 Å². The summed E-state index contributed by atoms with van der Waals surface area (Å²) < 4.78 is 5.04. The predicted molar refractivity (Wildman–Crippen MR) is 69.7 cm³/mol. The molecule has 1 rings (SSSR count). The van der Waals surface area contributed by atoms with Crippen molar-refractivity contribution in [2.45, 2.75) is 26.4 Å². The molecule has 1 aromatic heterocycles. The van der Waals surface area contributed by atoms with Gasteiger partial charge in [-0.15, -0.1) is 0 Å². The van der Waals surface area contributed by atoms with Crippen LogP contribution < -0.4 is 5.32 Å². The van der Waals surface area contributed by atoms with Gasteiger partial charge in [0.25, 0.3) is 0 Å². The second kappa shape index (κ2) is 6.51. The van der Waals surface area contributed by atoms with Crippen molar-refractivity contribution >= 4 is 17.3 Å². The third-order valence-electron chi connectivity index (χ3n) is 2.16. The van der Waals surface area contributed by atoms with Crippen molar-refractivity contribution in [3.63, 3.8) is 0 Å². The Labute approximate surface area is 107 Å². The van der Waals surface area contributed by atoms with Crippen molar-refractivity contribution in [3.8, 4) is 0 Å². The number of ether oxygens (including phenoxy) is 1. The van der Waals surface area contributed by atoms with Gasteiger partial charge in [-0.3, -0.25) is 5.10 Å². The van der Waals surface area contributed by atoms with E-state index in [9.17, 15) is 0 Å². The highest BCUT2D eigenvalue weighted by Crippen LogP contribution is 1.98. The van der Waals surface area contributed by atoms with Crippen LogP contribution >= 0.6 is 12.2 Å². The maximum atomic E-state index is 5.27. The van der Waals surface area contributed by atoms with Gasteiger partial charge in [0.2, 0.25) is 0 Å². The number of aromatic amines is 1. The van der Waals surface area contributed by atoms with Gasteiger partial charge >= 0.3 is 0 Å². The van der Waals surface area contributed by atoms with Crippen molar-refractivity contribution in [1.82, 2.24) is 25.4 Å². The Bertz CT molecular complexity index is 367. The molecule has 96 valence electrons. The van der Waals surface area contributed by atoms with Crippen molar-refractivity contribution in [2.75, 3.05) is 20.8 Å². The van der Waals surface area contributed by atoms with Crippen LogP contribution in [0.15, 0.2) is 0 Å². The third kappa shape index (κ3) is 4.66. The third-order valence-corrected chi connectivity index (χ3v) is 2.58. The zero-order chi connectivity index (χ0) is 12.8. The van der Waals surface area contributed by atoms with Crippen LogP contribution in [-0.4, -0.2) is 52.0 Å². The Morgan fingerprint density at radius 1 is 1.65 bits per heavy atom. The maximum Gasteiger partial charge on any atom is 0.169 e. The standard InChI is InChI=1S/C10H19N5OS/c1-7(6-16-4)11-10(17)15(3)5-9-12-8(2)13-14-9/h7H,5-6H2,1-4H3,(H,11,17)(H,12,13,14). The highest BCUT2D eigenvalue weighted by atomic mass is 32.1. The van der Waals surface area contributed by atoms with E-state index in [0.29, 0.717) is 18.3 Å².